The number of carbonyl (C=O) groups excluding carboxylic acids is 2. The van der Waals surface area contributed by atoms with E-state index in [1.54, 1.807) is 19.1 Å². The molecule has 164 valence electrons. The van der Waals surface area contributed by atoms with Gasteiger partial charge in [-0.05, 0) is 31.2 Å². The van der Waals surface area contributed by atoms with Crippen molar-refractivity contribution in [1.29, 1.82) is 0 Å². The Morgan fingerprint density at radius 1 is 1.09 bits per heavy atom. The van der Waals surface area contributed by atoms with Crippen molar-refractivity contribution in [2.75, 3.05) is 19.1 Å². The van der Waals surface area contributed by atoms with E-state index in [4.69, 9.17) is 14.0 Å². The van der Waals surface area contributed by atoms with Crippen molar-refractivity contribution < 1.29 is 33.1 Å². The Hall–Kier alpha value is -4.14. The van der Waals surface area contributed by atoms with Gasteiger partial charge in [0.15, 0.2) is 17.3 Å². The number of aliphatic hydroxyl groups excluding tert-OH is 1. The first kappa shape index (κ1) is 21.1. The maximum atomic E-state index is 14.8. The Labute approximate surface area is 182 Å². The first-order valence-corrected chi connectivity index (χ1v) is 9.58. The predicted molar refractivity (Wildman–Crippen MR) is 112 cm³/mol. The predicted octanol–water partition coefficient (Wildman–Crippen LogP) is 3.77. The lowest BCUT2D eigenvalue weighted by molar-refractivity contribution is -0.132. The van der Waals surface area contributed by atoms with Crippen LogP contribution in [0.2, 0.25) is 0 Å². The summed E-state index contributed by atoms with van der Waals surface area (Å²) >= 11 is 0. The number of hydrogen-bond donors (Lipinski definition) is 1. The molecule has 0 spiro atoms. The van der Waals surface area contributed by atoms with Crippen molar-refractivity contribution in [2.24, 2.45) is 0 Å². The van der Waals surface area contributed by atoms with E-state index in [1.807, 2.05) is 0 Å². The van der Waals surface area contributed by atoms with Crippen LogP contribution in [0.4, 0.5) is 10.2 Å². The number of aliphatic hydroxyl groups is 1. The zero-order chi connectivity index (χ0) is 23.0. The molecular formula is C23H19FN2O6. The summed E-state index contributed by atoms with van der Waals surface area (Å²) in [6.07, 6.45) is 0. The van der Waals surface area contributed by atoms with Gasteiger partial charge in [0.1, 0.15) is 17.3 Å². The van der Waals surface area contributed by atoms with Crippen LogP contribution in [0.5, 0.6) is 11.5 Å². The lowest BCUT2D eigenvalue weighted by Gasteiger charge is -2.23. The number of ketones is 1. The molecule has 32 heavy (non-hydrogen) atoms. The highest BCUT2D eigenvalue weighted by Crippen LogP contribution is 2.43. The van der Waals surface area contributed by atoms with Crippen LogP contribution < -0.4 is 14.4 Å². The molecule has 0 aliphatic carbocycles. The summed E-state index contributed by atoms with van der Waals surface area (Å²) in [6, 6.07) is 10.4. The summed E-state index contributed by atoms with van der Waals surface area (Å²) in [6.45, 7) is 1.62. The van der Waals surface area contributed by atoms with E-state index in [-0.39, 0.29) is 22.5 Å². The smallest absolute Gasteiger partial charge is 0.301 e. The Balaban J connectivity index is 1.96. The third kappa shape index (κ3) is 3.37. The molecule has 1 amide bonds. The Morgan fingerprint density at radius 2 is 1.81 bits per heavy atom. The number of rotatable bonds is 5. The van der Waals surface area contributed by atoms with E-state index < -0.39 is 29.3 Å². The number of nitrogens with zero attached hydrogens (tertiary/aromatic N) is 2. The van der Waals surface area contributed by atoms with Gasteiger partial charge in [-0.25, -0.2) is 4.39 Å². The van der Waals surface area contributed by atoms with Crippen molar-refractivity contribution in [3.05, 3.63) is 76.8 Å². The lowest BCUT2D eigenvalue weighted by atomic mass is 9.95. The summed E-state index contributed by atoms with van der Waals surface area (Å²) in [5.74, 6) is -1.94. The number of anilines is 1. The number of amides is 1. The topological polar surface area (TPSA) is 102 Å². The molecule has 8 nitrogen and oxygen atoms in total. The summed E-state index contributed by atoms with van der Waals surface area (Å²) in [5.41, 5.74) is -0.0688. The molecule has 9 heteroatoms. The van der Waals surface area contributed by atoms with E-state index in [0.717, 1.165) is 4.90 Å². The first-order chi connectivity index (χ1) is 15.4. The van der Waals surface area contributed by atoms with Gasteiger partial charge in [0.2, 0.25) is 0 Å². The quantitative estimate of drug-likeness (QED) is 0.368. The highest BCUT2D eigenvalue weighted by molar-refractivity contribution is 6.51. The average Bonchev–Trinajstić information content (AvgIpc) is 3.33. The minimum Gasteiger partial charge on any atom is -0.507 e. The number of carbonyl (C=O) groups is 2. The molecule has 2 heterocycles. The molecule has 1 aliphatic heterocycles. The van der Waals surface area contributed by atoms with Crippen LogP contribution in [0, 0.1) is 12.7 Å². The first-order valence-electron chi connectivity index (χ1n) is 9.58. The molecule has 1 saturated heterocycles. The van der Waals surface area contributed by atoms with Crippen molar-refractivity contribution in [3.63, 3.8) is 0 Å². The largest absolute Gasteiger partial charge is 0.507 e. The van der Waals surface area contributed by atoms with Gasteiger partial charge in [-0.15, -0.1) is 0 Å². The number of benzene rings is 2. The Kier molecular flexibility index (Phi) is 5.40. The monoisotopic (exact) mass is 438 g/mol. The molecule has 1 aromatic heterocycles. The van der Waals surface area contributed by atoms with E-state index in [0.29, 0.717) is 17.3 Å². The standard InChI is InChI=1S/C23H19FN2O6/c1-12-10-18(25-32-12)26-20(14-6-4-5-7-15(14)24)19(22(28)23(26)29)21(27)13-8-9-16(30-2)17(11-13)31-3/h4-11,20,27H,1-3H3/t20-/m1/s1. The highest BCUT2D eigenvalue weighted by atomic mass is 19.1. The second kappa shape index (κ2) is 8.18. The number of aromatic nitrogens is 1. The fourth-order valence-electron chi connectivity index (χ4n) is 3.67. The molecule has 0 bridgehead atoms. The van der Waals surface area contributed by atoms with Crippen LogP contribution >= 0.6 is 0 Å². The van der Waals surface area contributed by atoms with Crippen LogP contribution in [-0.4, -0.2) is 36.2 Å². The summed E-state index contributed by atoms with van der Waals surface area (Å²) in [7, 11) is 2.88. The van der Waals surface area contributed by atoms with Gasteiger partial charge in [-0.2, -0.15) is 0 Å². The second-order valence-electron chi connectivity index (χ2n) is 7.06. The molecule has 3 aromatic rings. The second-order valence-corrected chi connectivity index (χ2v) is 7.06. The van der Waals surface area contributed by atoms with Crippen LogP contribution in [0.15, 0.2) is 58.6 Å². The minimum atomic E-state index is -1.26. The van der Waals surface area contributed by atoms with Gasteiger partial charge in [0.05, 0.1) is 25.8 Å². The van der Waals surface area contributed by atoms with E-state index in [1.165, 1.54) is 50.6 Å². The number of ether oxygens (including phenoxy) is 2. The molecule has 1 aliphatic rings. The number of hydrogen-bond acceptors (Lipinski definition) is 7. The summed E-state index contributed by atoms with van der Waals surface area (Å²) in [5, 5.41) is 14.9. The highest BCUT2D eigenvalue weighted by Gasteiger charge is 2.49. The van der Waals surface area contributed by atoms with Gasteiger partial charge in [0, 0.05) is 17.2 Å². The molecule has 0 saturated carbocycles. The maximum Gasteiger partial charge on any atom is 0.301 e. The Morgan fingerprint density at radius 3 is 2.44 bits per heavy atom. The molecule has 1 fully saturated rings. The molecule has 1 N–H and O–H groups in total. The van der Waals surface area contributed by atoms with Gasteiger partial charge in [0.25, 0.3) is 5.78 Å². The van der Waals surface area contributed by atoms with E-state index in [2.05, 4.69) is 5.16 Å². The average molecular weight is 438 g/mol. The molecular weight excluding hydrogens is 419 g/mol. The van der Waals surface area contributed by atoms with Crippen molar-refractivity contribution >= 4 is 23.3 Å². The lowest BCUT2D eigenvalue weighted by Crippen LogP contribution is -2.30. The number of Topliss-reactive ketones (excluding diaryl/α,β-unsaturated/α-hetero) is 1. The zero-order valence-electron chi connectivity index (χ0n) is 17.5. The fourth-order valence-corrected chi connectivity index (χ4v) is 3.67. The maximum absolute atomic E-state index is 14.8. The summed E-state index contributed by atoms with van der Waals surface area (Å²) in [4.78, 5) is 27.0. The van der Waals surface area contributed by atoms with Crippen molar-refractivity contribution in [1.82, 2.24) is 5.16 Å². The molecule has 4 rings (SSSR count). The van der Waals surface area contributed by atoms with E-state index in [9.17, 15) is 19.1 Å². The van der Waals surface area contributed by atoms with E-state index >= 15 is 0 Å². The van der Waals surface area contributed by atoms with Gasteiger partial charge in [-0.3, -0.25) is 14.5 Å². The molecule has 0 unspecified atom stereocenters. The third-order valence-electron chi connectivity index (χ3n) is 5.16. The minimum absolute atomic E-state index is 0.0226. The normalized spacial score (nSPS) is 17.6. The van der Waals surface area contributed by atoms with Crippen molar-refractivity contribution in [2.45, 2.75) is 13.0 Å². The van der Waals surface area contributed by atoms with Gasteiger partial charge in [-0.1, -0.05) is 23.4 Å². The number of methoxy groups -OCH3 is 2. The van der Waals surface area contributed by atoms with Crippen LogP contribution in [0.1, 0.15) is 22.9 Å². The van der Waals surface area contributed by atoms with Crippen LogP contribution in [-0.2, 0) is 9.59 Å². The van der Waals surface area contributed by atoms with Crippen LogP contribution in [0.25, 0.3) is 5.76 Å². The van der Waals surface area contributed by atoms with Gasteiger partial charge >= 0.3 is 5.91 Å². The fraction of sp³-hybridized carbons (Fsp3) is 0.174. The number of aryl methyl sites for hydroxylation is 1. The Bertz CT molecular complexity index is 1250. The van der Waals surface area contributed by atoms with Gasteiger partial charge < -0.3 is 19.1 Å². The third-order valence-corrected chi connectivity index (χ3v) is 5.16. The zero-order valence-corrected chi connectivity index (χ0v) is 17.5. The van der Waals surface area contributed by atoms with Crippen molar-refractivity contribution in [3.8, 4) is 11.5 Å². The van der Waals surface area contributed by atoms with Crippen LogP contribution in [0.3, 0.4) is 0 Å². The SMILES string of the molecule is COc1ccc(C(O)=C2C(=O)C(=O)N(c3cc(C)on3)[C@@H]2c2ccccc2F)cc1OC. The molecule has 0 radical (unpaired) electrons. The molecule has 2 aromatic carbocycles. The number of halogens is 1. The molecule has 1 atom stereocenters. The summed E-state index contributed by atoms with van der Waals surface area (Å²) < 4.78 is 30.3.